The highest BCUT2D eigenvalue weighted by molar-refractivity contribution is 5.92. The van der Waals surface area contributed by atoms with Crippen molar-refractivity contribution in [3.63, 3.8) is 0 Å². The minimum absolute atomic E-state index is 0.0556. The van der Waals surface area contributed by atoms with E-state index in [2.05, 4.69) is 26.1 Å². The predicted molar refractivity (Wildman–Crippen MR) is 162 cm³/mol. The van der Waals surface area contributed by atoms with E-state index in [4.69, 9.17) is 18.9 Å². The number of hydrogen-bond acceptors (Lipinski definition) is 7. The van der Waals surface area contributed by atoms with Crippen molar-refractivity contribution in [2.24, 2.45) is 16.7 Å². The number of carbonyl (C=O) groups is 3. The summed E-state index contributed by atoms with van der Waals surface area (Å²) < 4.78 is 22.7. The Morgan fingerprint density at radius 3 is 2.35 bits per heavy atom. The molecule has 0 radical (unpaired) electrons. The van der Waals surface area contributed by atoms with Gasteiger partial charge in [0.2, 0.25) is 11.8 Å². The molecular formula is C34H44N2O7. The summed E-state index contributed by atoms with van der Waals surface area (Å²) >= 11 is 0. The molecule has 2 aromatic carbocycles. The maximum Gasteiger partial charge on any atom is 0.320 e. The first-order valence-electron chi connectivity index (χ1n) is 14.7. The van der Waals surface area contributed by atoms with Gasteiger partial charge in [-0.2, -0.15) is 0 Å². The highest BCUT2D eigenvalue weighted by Crippen LogP contribution is 2.51. The van der Waals surface area contributed by atoms with Crippen molar-refractivity contribution in [3.05, 3.63) is 71.4 Å². The summed E-state index contributed by atoms with van der Waals surface area (Å²) in [6, 6.07) is 15.2. The SMILES string of the molecule is COC(=O)[C@]12C[C@H](CC(=O)NCc3ccccc3)C(=O)N(CCc3ccc(OC)c(OC)c3)C1=C[C@H](C(C)(C)C)O[C@@H]2C. The van der Waals surface area contributed by atoms with Gasteiger partial charge in [0.25, 0.3) is 0 Å². The third-order valence-corrected chi connectivity index (χ3v) is 8.53. The van der Waals surface area contributed by atoms with E-state index in [1.54, 1.807) is 19.1 Å². The summed E-state index contributed by atoms with van der Waals surface area (Å²) in [6.07, 6.45) is 1.54. The van der Waals surface area contributed by atoms with Crippen molar-refractivity contribution in [1.82, 2.24) is 10.2 Å². The second kappa shape index (κ2) is 13.2. The average Bonchev–Trinajstić information content (AvgIpc) is 2.99. The standard InChI is InChI=1S/C34H44N2O7/c1-22-34(32(39)42-7)20-25(18-30(37)35-21-24-11-9-8-10-12-24)31(38)36(28(34)19-29(43-22)33(2,3)4)16-15-23-13-14-26(40-5)27(17-23)41-6/h8-14,17,19,22,25,29H,15-16,18,20-21H2,1-7H3,(H,35,37)/t22-,25+,29-,34+/m1/s1. The number of piperidine rings is 1. The van der Waals surface area contributed by atoms with Crippen LogP contribution >= 0.6 is 0 Å². The Bertz CT molecular complexity index is 1350. The van der Waals surface area contributed by atoms with Gasteiger partial charge in [-0.15, -0.1) is 0 Å². The Balaban J connectivity index is 1.69. The van der Waals surface area contributed by atoms with Crippen molar-refractivity contribution in [3.8, 4) is 11.5 Å². The molecule has 43 heavy (non-hydrogen) atoms. The van der Waals surface area contributed by atoms with Gasteiger partial charge in [0.05, 0.1) is 33.5 Å². The van der Waals surface area contributed by atoms with Crippen LogP contribution < -0.4 is 14.8 Å². The Morgan fingerprint density at radius 1 is 1.02 bits per heavy atom. The number of hydrogen-bond donors (Lipinski definition) is 1. The Labute approximate surface area is 254 Å². The van der Waals surface area contributed by atoms with E-state index >= 15 is 0 Å². The number of esters is 1. The smallest absolute Gasteiger partial charge is 0.320 e. The monoisotopic (exact) mass is 592 g/mol. The molecule has 2 aliphatic rings. The Morgan fingerprint density at radius 2 is 1.72 bits per heavy atom. The molecule has 232 valence electrons. The number of likely N-dealkylation sites (tertiary alicyclic amines) is 1. The zero-order chi connectivity index (χ0) is 31.4. The van der Waals surface area contributed by atoms with Crippen LogP contribution in [0.5, 0.6) is 11.5 Å². The molecule has 4 atom stereocenters. The van der Waals surface area contributed by atoms with E-state index in [1.165, 1.54) is 7.11 Å². The lowest BCUT2D eigenvalue weighted by atomic mass is 9.65. The summed E-state index contributed by atoms with van der Waals surface area (Å²) in [6.45, 7) is 8.69. The fourth-order valence-corrected chi connectivity index (χ4v) is 6.04. The highest BCUT2D eigenvalue weighted by atomic mass is 16.5. The van der Waals surface area contributed by atoms with Gasteiger partial charge in [0.15, 0.2) is 11.5 Å². The molecule has 2 amide bonds. The first-order chi connectivity index (χ1) is 20.4. The van der Waals surface area contributed by atoms with Gasteiger partial charge >= 0.3 is 5.97 Å². The van der Waals surface area contributed by atoms with Gasteiger partial charge in [0, 0.05) is 31.1 Å². The number of nitrogens with zero attached hydrogens (tertiary/aromatic N) is 1. The average molecular weight is 593 g/mol. The van der Waals surface area contributed by atoms with Gasteiger partial charge in [-0.05, 0) is 54.5 Å². The Hall–Kier alpha value is -3.85. The quantitative estimate of drug-likeness (QED) is 0.400. The predicted octanol–water partition coefficient (Wildman–Crippen LogP) is 4.68. The largest absolute Gasteiger partial charge is 0.493 e. The minimum Gasteiger partial charge on any atom is -0.493 e. The van der Waals surface area contributed by atoms with Gasteiger partial charge in [-0.1, -0.05) is 57.2 Å². The number of carbonyl (C=O) groups excluding carboxylic acids is 3. The molecule has 9 heteroatoms. The summed E-state index contributed by atoms with van der Waals surface area (Å²) in [7, 11) is 4.51. The lowest BCUT2D eigenvalue weighted by molar-refractivity contribution is -0.180. The third kappa shape index (κ3) is 6.72. The van der Waals surface area contributed by atoms with Crippen LogP contribution in [-0.4, -0.2) is 62.8 Å². The van der Waals surface area contributed by atoms with Crippen molar-refractivity contribution in [1.29, 1.82) is 0 Å². The molecule has 0 saturated carbocycles. The van der Waals surface area contributed by atoms with Crippen LogP contribution in [0.15, 0.2) is 60.3 Å². The molecule has 2 aliphatic heterocycles. The number of ether oxygens (including phenoxy) is 4. The number of fused-ring (bicyclic) bond motifs is 1. The summed E-state index contributed by atoms with van der Waals surface area (Å²) in [5, 5.41) is 2.93. The van der Waals surface area contributed by atoms with Crippen LogP contribution in [-0.2, 0) is 36.8 Å². The molecule has 0 unspecified atom stereocenters. The lowest BCUT2D eigenvalue weighted by Crippen LogP contribution is -2.61. The van der Waals surface area contributed by atoms with Crippen LogP contribution in [0.1, 0.15) is 51.7 Å². The van der Waals surface area contributed by atoms with Crippen LogP contribution in [0.2, 0.25) is 0 Å². The van der Waals surface area contributed by atoms with E-state index in [0.717, 1.165) is 11.1 Å². The van der Waals surface area contributed by atoms with Crippen LogP contribution in [0.3, 0.4) is 0 Å². The number of rotatable bonds is 10. The topological polar surface area (TPSA) is 103 Å². The number of nitrogens with one attached hydrogen (secondary N) is 1. The van der Waals surface area contributed by atoms with Gasteiger partial charge in [-0.3, -0.25) is 14.4 Å². The maximum atomic E-state index is 14.2. The third-order valence-electron chi connectivity index (χ3n) is 8.53. The van der Waals surface area contributed by atoms with E-state index in [9.17, 15) is 14.4 Å². The zero-order valence-electron chi connectivity index (χ0n) is 26.3. The summed E-state index contributed by atoms with van der Waals surface area (Å²) in [5.41, 5.74) is 0.956. The zero-order valence-corrected chi connectivity index (χ0v) is 26.3. The highest BCUT2D eigenvalue weighted by Gasteiger charge is 2.60. The summed E-state index contributed by atoms with van der Waals surface area (Å²) in [5.74, 6) is -0.463. The molecule has 0 bridgehead atoms. The van der Waals surface area contributed by atoms with E-state index in [1.807, 2.05) is 61.5 Å². The van der Waals surface area contributed by atoms with E-state index in [0.29, 0.717) is 36.7 Å². The maximum absolute atomic E-state index is 14.2. The molecule has 0 spiro atoms. The van der Waals surface area contributed by atoms with Crippen LogP contribution in [0, 0.1) is 16.7 Å². The van der Waals surface area contributed by atoms with Crippen LogP contribution in [0.4, 0.5) is 0 Å². The van der Waals surface area contributed by atoms with E-state index < -0.39 is 23.4 Å². The van der Waals surface area contributed by atoms with Crippen molar-refractivity contribution >= 4 is 17.8 Å². The first kappa shape index (κ1) is 32.1. The second-order valence-corrected chi connectivity index (χ2v) is 12.4. The normalized spacial score (nSPS) is 23.6. The molecule has 1 fully saturated rings. The van der Waals surface area contributed by atoms with Crippen molar-refractivity contribution in [2.75, 3.05) is 27.9 Å². The minimum atomic E-state index is -1.24. The Kier molecular flexibility index (Phi) is 9.85. The fourth-order valence-electron chi connectivity index (χ4n) is 6.04. The molecule has 1 saturated heterocycles. The fraction of sp³-hybridized carbons (Fsp3) is 0.500. The molecular weight excluding hydrogens is 548 g/mol. The lowest BCUT2D eigenvalue weighted by Gasteiger charge is -2.53. The molecule has 1 N–H and O–H groups in total. The number of amides is 2. The van der Waals surface area contributed by atoms with Gasteiger partial charge < -0.3 is 29.2 Å². The first-order valence-corrected chi connectivity index (χ1v) is 14.7. The number of methoxy groups -OCH3 is 3. The molecule has 2 heterocycles. The number of benzene rings is 2. The molecule has 0 aromatic heterocycles. The van der Waals surface area contributed by atoms with Gasteiger partial charge in [-0.25, -0.2) is 0 Å². The van der Waals surface area contributed by atoms with Crippen LogP contribution in [0.25, 0.3) is 0 Å². The molecule has 0 aliphatic carbocycles. The van der Waals surface area contributed by atoms with Gasteiger partial charge in [0.1, 0.15) is 5.41 Å². The molecule has 9 nitrogen and oxygen atoms in total. The molecule has 2 aromatic rings. The van der Waals surface area contributed by atoms with Crippen molar-refractivity contribution < 1.29 is 33.3 Å². The van der Waals surface area contributed by atoms with Crippen molar-refractivity contribution in [2.45, 2.75) is 65.7 Å². The molecule has 4 rings (SSSR count). The second-order valence-electron chi connectivity index (χ2n) is 12.4. The van der Waals surface area contributed by atoms with E-state index in [-0.39, 0.29) is 36.2 Å². The summed E-state index contributed by atoms with van der Waals surface area (Å²) in [4.78, 5) is 42.7.